The fourth-order valence-electron chi connectivity index (χ4n) is 4.03. The Balaban J connectivity index is 1.75. The molecule has 0 saturated carbocycles. The zero-order chi connectivity index (χ0) is 21.1. The van der Waals surface area contributed by atoms with Crippen molar-refractivity contribution in [3.63, 3.8) is 0 Å². The molecular weight excluding hydrogens is 434 g/mol. The molecule has 2 amide bonds. The number of ether oxygens (including phenoxy) is 1. The molecule has 3 rings (SSSR count). The van der Waals surface area contributed by atoms with Crippen molar-refractivity contribution in [2.45, 2.75) is 58.2 Å². The number of likely N-dealkylation sites (tertiary alicyclic amines) is 1. The number of amides is 2. The molecule has 0 bridgehead atoms. The third-order valence-corrected chi connectivity index (χ3v) is 6.20. The van der Waals surface area contributed by atoms with Crippen LogP contribution >= 0.6 is 15.9 Å². The molecule has 156 valence electrons. The number of nitrogens with one attached hydrogen (secondary N) is 1. The van der Waals surface area contributed by atoms with E-state index in [0.29, 0.717) is 0 Å². The lowest BCUT2D eigenvalue weighted by atomic mass is 9.97. The van der Waals surface area contributed by atoms with E-state index in [1.165, 1.54) is 7.11 Å². The molecule has 0 unspecified atom stereocenters. The van der Waals surface area contributed by atoms with Crippen LogP contribution in [0.4, 0.5) is 4.79 Å². The zero-order valence-electron chi connectivity index (χ0n) is 17.3. The topological polar surface area (TPSA) is 71.0 Å². The first-order chi connectivity index (χ1) is 13.8. The SMILES string of the molecule is COC(=O)N[C@H](C(=O)N1[C@@H](C)CC[C@H]1C1=NC=C(c2ccc(Br)cc2)C1)C(C)C. The number of nitrogens with zero attached hydrogens (tertiary/aromatic N) is 2. The zero-order valence-corrected chi connectivity index (χ0v) is 18.9. The molecule has 1 fully saturated rings. The predicted octanol–water partition coefficient (Wildman–Crippen LogP) is 4.39. The Morgan fingerprint density at radius 3 is 2.55 bits per heavy atom. The van der Waals surface area contributed by atoms with Gasteiger partial charge in [0, 0.05) is 28.8 Å². The lowest BCUT2D eigenvalue weighted by molar-refractivity contribution is -0.135. The predicted molar refractivity (Wildman–Crippen MR) is 118 cm³/mol. The normalized spacial score (nSPS) is 22.3. The van der Waals surface area contributed by atoms with Gasteiger partial charge >= 0.3 is 6.09 Å². The van der Waals surface area contributed by atoms with Crippen LogP contribution in [0, 0.1) is 5.92 Å². The van der Waals surface area contributed by atoms with Crippen LogP contribution < -0.4 is 5.32 Å². The standard InChI is InChI=1S/C22H28BrN3O3/c1-13(2)20(25-22(28)29-4)21(27)26-14(3)5-10-19(26)18-11-16(12-24-18)15-6-8-17(23)9-7-15/h6-9,12-14,19-20H,5,10-11H2,1-4H3,(H,25,28)/t14-,19-,20-/m0/s1. The molecule has 3 atom stereocenters. The van der Waals surface area contributed by atoms with E-state index in [1.807, 2.05) is 37.1 Å². The molecule has 1 saturated heterocycles. The summed E-state index contributed by atoms with van der Waals surface area (Å²) in [5.74, 6) is -0.114. The highest BCUT2D eigenvalue weighted by Gasteiger charge is 2.41. The number of benzene rings is 1. The summed E-state index contributed by atoms with van der Waals surface area (Å²) in [6, 6.07) is 7.63. The Morgan fingerprint density at radius 2 is 1.93 bits per heavy atom. The van der Waals surface area contributed by atoms with Crippen LogP contribution in [0.2, 0.25) is 0 Å². The average molecular weight is 462 g/mol. The fourth-order valence-corrected chi connectivity index (χ4v) is 4.30. The Bertz CT molecular complexity index is 832. The minimum atomic E-state index is -0.619. The van der Waals surface area contributed by atoms with Crippen molar-refractivity contribution in [2.24, 2.45) is 10.9 Å². The number of hydrogen-bond donors (Lipinski definition) is 1. The average Bonchev–Trinajstić information content (AvgIpc) is 3.32. The first-order valence-electron chi connectivity index (χ1n) is 10.00. The molecule has 6 nitrogen and oxygen atoms in total. The molecule has 0 spiro atoms. The van der Waals surface area contributed by atoms with Crippen molar-refractivity contribution >= 4 is 39.2 Å². The minimum absolute atomic E-state index is 0.0394. The number of carbonyl (C=O) groups is 2. The van der Waals surface area contributed by atoms with Crippen molar-refractivity contribution in [1.82, 2.24) is 10.2 Å². The van der Waals surface area contributed by atoms with Gasteiger partial charge < -0.3 is 15.0 Å². The summed E-state index contributed by atoms with van der Waals surface area (Å²) in [7, 11) is 1.31. The molecule has 0 radical (unpaired) electrons. The molecule has 1 N–H and O–H groups in total. The summed E-state index contributed by atoms with van der Waals surface area (Å²) in [5, 5.41) is 2.70. The largest absolute Gasteiger partial charge is 0.453 e. The smallest absolute Gasteiger partial charge is 0.407 e. The van der Waals surface area contributed by atoms with Gasteiger partial charge in [-0.3, -0.25) is 9.79 Å². The second-order valence-corrected chi connectivity index (χ2v) is 8.92. The van der Waals surface area contributed by atoms with Crippen molar-refractivity contribution in [2.75, 3.05) is 7.11 Å². The van der Waals surface area contributed by atoms with Crippen molar-refractivity contribution in [1.29, 1.82) is 0 Å². The van der Waals surface area contributed by atoms with Crippen LogP contribution in [0.25, 0.3) is 5.57 Å². The summed E-state index contributed by atoms with van der Waals surface area (Å²) in [6.45, 7) is 5.91. The monoisotopic (exact) mass is 461 g/mol. The number of rotatable bonds is 5. The van der Waals surface area contributed by atoms with Crippen molar-refractivity contribution < 1.29 is 14.3 Å². The summed E-state index contributed by atoms with van der Waals surface area (Å²) in [5.41, 5.74) is 3.32. The van der Waals surface area contributed by atoms with E-state index in [4.69, 9.17) is 4.74 Å². The number of carbonyl (C=O) groups excluding carboxylic acids is 2. The van der Waals surface area contributed by atoms with Gasteiger partial charge in [-0.1, -0.05) is 41.9 Å². The molecule has 1 aromatic rings. The van der Waals surface area contributed by atoms with Crippen molar-refractivity contribution in [3.05, 3.63) is 40.5 Å². The highest BCUT2D eigenvalue weighted by Crippen LogP contribution is 2.33. The summed E-state index contributed by atoms with van der Waals surface area (Å²) >= 11 is 3.47. The quantitative estimate of drug-likeness (QED) is 0.706. The van der Waals surface area contributed by atoms with Gasteiger partial charge in [0.1, 0.15) is 6.04 Å². The van der Waals surface area contributed by atoms with E-state index in [-0.39, 0.29) is 23.9 Å². The van der Waals surface area contributed by atoms with Gasteiger partial charge in [0.05, 0.1) is 13.2 Å². The summed E-state index contributed by atoms with van der Waals surface area (Å²) in [6.07, 6.45) is 3.87. The fraction of sp³-hybridized carbons (Fsp3) is 0.500. The third-order valence-electron chi connectivity index (χ3n) is 5.67. The van der Waals surface area contributed by atoms with Crippen LogP contribution in [0.1, 0.15) is 45.6 Å². The van der Waals surface area contributed by atoms with E-state index >= 15 is 0 Å². The maximum absolute atomic E-state index is 13.4. The molecule has 2 aliphatic rings. The molecule has 7 heteroatoms. The molecule has 2 heterocycles. The molecule has 29 heavy (non-hydrogen) atoms. The Hall–Kier alpha value is -2.15. The van der Waals surface area contributed by atoms with Gasteiger partial charge in [0.2, 0.25) is 5.91 Å². The molecule has 0 aromatic heterocycles. The van der Waals surface area contributed by atoms with Gasteiger partial charge in [-0.25, -0.2) is 4.79 Å². The minimum Gasteiger partial charge on any atom is -0.453 e. The second kappa shape index (κ2) is 9.11. The highest BCUT2D eigenvalue weighted by molar-refractivity contribution is 9.10. The second-order valence-electron chi connectivity index (χ2n) is 8.00. The van der Waals surface area contributed by atoms with Crippen molar-refractivity contribution in [3.8, 4) is 0 Å². The molecule has 2 aliphatic heterocycles. The number of hydrogen-bond acceptors (Lipinski definition) is 4. The van der Waals surface area contributed by atoms with Crippen LogP contribution in [-0.4, -0.2) is 47.8 Å². The van der Waals surface area contributed by atoms with Gasteiger partial charge in [0.15, 0.2) is 0 Å². The number of allylic oxidation sites excluding steroid dienone is 1. The van der Waals surface area contributed by atoms with Crippen LogP contribution in [0.5, 0.6) is 0 Å². The van der Waals surface area contributed by atoms with Crippen LogP contribution in [0.15, 0.2) is 39.9 Å². The maximum Gasteiger partial charge on any atom is 0.407 e. The van der Waals surface area contributed by atoms with Gasteiger partial charge in [0.25, 0.3) is 0 Å². The Kier molecular flexibility index (Phi) is 6.77. The number of aliphatic imine (C=N–C) groups is 1. The van der Waals surface area contributed by atoms with Crippen LogP contribution in [-0.2, 0) is 9.53 Å². The van der Waals surface area contributed by atoms with Gasteiger partial charge in [-0.05, 0) is 49.0 Å². The summed E-state index contributed by atoms with van der Waals surface area (Å²) < 4.78 is 5.75. The van der Waals surface area contributed by atoms with Crippen LogP contribution in [0.3, 0.4) is 0 Å². The Morgan fingerprint density at radius 1 is 1.24 bits per heavy atom. The first kappa shape index (κ1) is 21.6. The molecule has 0 aliphatic carbocycles. The lowest BCUT2D eigenvalue weighted by Gasteiger charge is -2.33. The Labute approximate surface area is 180 Å². The van der Waals surface area contributed by atoms with E-state index in [9.17, 15) is 9.59 Å². The molecule has 1 aromatic carbocycles. The number of methoxy groups -OCH3 is 1. The van der Waals surface area contributed by atoms with E-state index in [2.05, 4.69) is 45.3 Å². The maximum atomic E-state index is 13.4. The summed E-state index contributed by atoms with van der Waals surface area (Å²) in [4.78, 5) is 31.7. The lowest BCUT2D eigenvalue weighted by Crippen LogP contribution is -2.55. The number of alkyl carbamates (subject to hydrolysis) is 1. The molecular formula is C22H28BrN3O3. The number of halogens is 1. The van der Waals surface area contributed by atoms with E-state index in [1.54, 1.807) is 0 Å². The van der Waals surface area contributed by atoms with Gasteiger partial charge in [-0.15, -0.1) is 0 Å². The van der Waals surface area contributed by atoms with Gasteiger partial charge in [-0.2, -0.15) is 0 Å². The third kappa shape index (κ3) is 4.71. The van der Waals surface area contributed by atoms with E-state index in [0.717, 1.165) is 40.6 Å². The first-order valence-corrected chi connectivity index (χ1v) is 10.8. The highest BCUT2D eigenvalue weighted by atomic mass is 79.9. The van der Waals surface area contributed by atoms with E-state index < -0.39 is 12.1 Å².